The average Bonchev–Trinajstić information content (AvgIpc) is 2.89. The molecule has 6 nitrogen and oxygen atoms in total. The van der Waals surface area contributed by atoms with E-state index in [1.807, 2.05) is 0 Å². The molecule has 0 spiro atoms. The molecule has 0 fully saturated rings. The van der Waals surface area contributed by atoms with Gasteiger partial charge in [0.2, 0.25) is 0 Å². The van der Waals surface area contributed by atoms with Crippen molar-refractivity contribution in [3.05, 3.63) is 94.3 Å². The molecule has 3 aromatic rings. The van der Waals surface area contributed by atoms with Crippen molar-refractivity contribution >= 4 is 33.0 Å². The number of benzene rings is 3. The number of nitrogens with one attached hydrogen (secondary N) is 1. The van der Waals surface area contributed by atoms with Gasteiger partial charge in [-0.15, -0.1) is 0 Å². The van der Waals surface area contributed by atoms with Crippen LogP contribution in [0.15, 0.2) is 65.6 Å². The summed E-state index contributed by atoms with van der Waals surface area (Å²) < 4.78 is 40.7. The van der Waals surface area contributed by atoms with Crippen molar-refractivity contribution in [3.63, 3.8) is 0 Å². The second kappa shape index (κ2) is 11.2. The third-order valence-corrected chi connectivity index (χ3v) is 8.34. The number of sulfone groups is 1. The maximum absolute atomic E-state index is 13.7. The Labute approximate surface area is 215 Å². The van der Waals surface area contributed by atoms with E-state index in [4.69, 9.17) is 0 Å². The van der Waals surface area contributed by atoms with Crippen LogP contribution in [0.1, 0.15) is 87.6 Å². The van der Waals surface area contributed by atoms with Gasteiger partial charge in [0, 0.05) is 22.4 Å². The maximum Gasteiger partial charge on any atom is 0.257 e. The highest BCUT2D eigenvalue weighted by Crippen LogP contribution is 2.35. The minimum absolute atomic E-state index is 0.0384. The van der Waals surface area contributed by atoms with E-state index in [0.717, 1.165) is 37.8 Å². The molecule has 3 aromatic carbocycles. The first-order valence-corrected chi connectivity index (χ1v) is 14.0. The van der Waals surface area contributed by atoms with Gasteiger partial charge in [0.05, 0.1) is 21.8 Å². The highest BCUT2D eigenvalue weighted by molar-refractivity contribution is 7.91. The van der Waals surface area contributed by atoms with Crippen LogP contribution in [0.25, 0.3) is 0 Å². The molecule has 0 saturated heterocycles. The highest BCUT2D eigenvalue weighted by Gasteiger charge is 2.37. The molecule has 0 radical (unpaired) electrons. The van der Waals surface area contributed by atoms with Gasteiger partial charge in [-0.1, -0.05) is 63.3 Å². The number of hydrogen-bond donors (Lipinski definition) is 1. The number of unbranched alkanes of at least 4 members (excludes halogenated alkanes) is 5. The van der Waals surface area contributed by atoms with Gasteiger partial charge in [-0.2, -0.15) is 0 Å². The smallest absolute Gasteiger partial charge is 0.257 e. The second-order valence-corrected chi connectivity index (χ2v) is 11.2. The van der Waals surface area contributed by atoms with E-state index in [1.54, 1.807) is 12.1 Å². The molecule has 0 aliphatic heterocycles. The van der Waals surface area contributed by atoms with Gasteiger partial charge in [0.25, 0.3) is 5.91 Å². The fraction of sp³-hybridized carbons (Fsp3) is 0.276. The van der Waals surface area contributed by atoms with E-state index >= 15 is 0 Å². The lowest BCUT2D eigenvalue weighted by Crippen LogP contribution is -2.27. The van der Waals surface area contributed by atoms with Crippen molar-refractivity contribution in [2.24, 2.45) is 0 Å². The van der Waals surface area contributed by atoms with Gasteiger partial charge >= 0.3 is 0 Å². The fourth-order valence-electron chi connectivity index (χ4n) is 4.56. The summed E-state index contributed by atoms with van der Waals surface area (Å²) in [5, 5.41) is 2.57. The third-order valence-electron chi connectivity index (χ3n) is 6.47. The Morgan fingerprint density at radius 1 is 0.784 bits per heavy atom. The van der Waals surface area contributed by atoms with Crippen LogP contribution in [0.2, 0.25) is 0 Å². The minimum atomic E-state index is -4.12. The van der Waals surface area contributed by atoms with Gasteiger partial charge in [0.15, 0.2) is 21.4 Å². The van der Waals surface area contributed by atoms with Crippen molar-refractivity contribution < 1.29 is 27.2 Å². The molecule has 192 valence electrons. The van der Waals surface area contributed by atoms with Crippen molar-refractivity contribution in [2.45, 2.75) is 50.3 Å². The normalized spacial score (nSPS) is 12.7. The summed E-state index contributed by atoms with van der Waals surface area (Å²) in [5.74, 6) is -2.59. The quantitative estimate of drug-likeness (QED) is 0.259. The molecule has 37 heavy (non-hydrogen) atoms. The van der Waals surface area contributed by atoms with E-state index in [-0.39, 0.29) is 39.3 Å². The number of hydrogen-bond acceptors (Lipinski definition) is 5. The van der Waals surface area contributed by atoms with Gasteiger partial charge in [-0.25, -0.2) is 12.8 Å². The lowest BCUT2D eigenvalue weighted by Gasteiger charge is -2.22. The van der Waals surface area contributed by atoms with Crippen molar-refractivity contribution in [3.8, 4) is 0 Å². The van der Waals surface area contributed by atoms with Crippen LogP contribution in [0.5, 0.6) is 0 Å². The zero-order chi connectivity index (χ0) is 26.6. The summed E-state index contributed by atoms with van der Waals surface area (Å²) in [7, 11) is -4.12. The standard InChI is InChI=1S/C29H28FNO5S/c1-2-3-4-5-6-9-18-37(35,36)28-24(29(34)31-20-14-12-19(30)13-15-20)17-16-23-25(28)27(33)22-11-8-7-10-21(22)26(23)32/h7-8,10-17H,2-6,9,18H2,1H3,(H,31,34). The summed E-state index contributed by atoms with van der Waals surface area (Å²) in [5.41, 5.74) is 0.0330. The number of fused-ring (bicyclic) bond motifs is 2. The van der Waals surface area contributed by atoms with Crippen LogP contribution in [0, 0.1) is 5.82 Å². The monoisotopic (exact) mass is 521 g/mol. The Bertz CT molecular complexity index is 1460. The topological polar surface area (TPSA) is 97.4 Å². The predicted molar refractivity (Wildman–Crippen MR) is 140 cm³/mol. The number of amides is 1. The minimum Gasteiger partial charge on any atom is -0.322 e. The summed E-state index contributed by atoms with van der Waals surface area (Å²) in [6.45, 7) is 2.10. The first kappa shape index (κ1) is 26.4. The van der Waals surface area contributed by atoms with E-state index in [2.05, 4.69) is 12.2 Å². The molecule has 0 unspecified atom stereocenters. The molecular weight excluding hydrogens is 493 g/mol. The highest BCUT2D eigenvalue weighted by atomic mass is 32.2. The molecule has 0 atom stereocenters. The maximum atomic E-state index is 13.7. The summed E-state index contributed by atoms with van der Waals surface area (Å²) in [4.78, 5) is 39.6. The number of ketones is 2. The van der Waals surface area contributed by atoms with Crippen molar-refractivity contribution in [1.29, 1.82) is 0 Å². The van der Waals surface area contributed by atoms with Crippen LogP contribution in [0.3, 0.4) is 0 Å². The van der Waals surface area contributed by atoms with Crippen LogP contribution < -0.4 is 5.32 Å². The average molecular weight is 522 g/mol. The molecule has 0 heterocycles. The Morgan fingerprint density at radius 3 is 2.08 bits per heavy atom. The van der Waals surface area contributed by atoms with Gasteiger partial charge in [-0.3, -0.25) is 14.4 Å². The van der Waals surface area contributed by atoms with Crippen molar-refractivity contribution in [2.75, 3.05) is 11.1 Å². The zero-order valence-corrected chi connectivity index (χ0v) is 21.4. The van der Waals surface area contributed by atoms with Crippen LogP contribution in [-0.2, 0) is 9.84 Å². The van der Waals surface area contributed by atoms with Crippen LogP contribution in [-0.4, -0.2) is 31.6 Å². The number of anilines is 1. The molecule has 0 bridgehead atoms. The molecule has 1 N–H and O–H groups in total. The Kier molecular flexibility index (Phi) is 7.97. The second-order valence-electron chi connectivity index (χ2n) is 9.12. The van der Waals surface area contributed by atoms with Gasteiger partial charge in [-0.05, 0) is 42.8 Å². The Morgan fingerprint density at radius 2 is 1.41 bits per heavy atom. The fourth-order valence-corrected chi connectivity index (χ4v) is 6.36. The number of halogens is 1. The van der Waals surface area contributed by atoms with E-state index in [0.29, 0.717) is 12.8 Å². The van der Waals surface area contributed by atoms with Crippen LogP contribution >= 0.6 is 0 Å². The number of carbonyl (C=O) groups is 3. The Hall–Kier alpha value is -3.65. The predicted octanol–water partition coefficient (Wildman–Crippen LogP) is 5.99. The Balaban J connectivity index is 1.77. The number of carbonyl (C=O) groups excluding carboxylic acids is 3. The molecule has 8 heteroatoms. The molecule has 0 saturated carbocycles. The largest absolute Gasteiger partial charge is 0.322 e. The lowest BCUT2D eigenvalue weighted by molar-refractivity contribution is 0.0974. The van der Waals surface area contributed by atoms with E-state index < -0.39 is 38.0 Å². The molecule has 1 aliphatic carbocycles. The first-order valence-electron chi connectivity index (χ1n) is 12.4. The summed E-state index contributed by atoms with van der Waals surface area (Å²) in [6.07, 6.45) is 5.10. The third kappa shape index (κ3) is 5.54. The molecule has 0 aromatic heterocycles. The number of rotatable bonds is 10. The van der Waals surface area contributed by atoms with E-state index in [1.165, 1.54) is 36.4 Å². The van der Waals surface area contributed by atoms with Gasteiger partial charge in [0.1, 0.15) is 5.82 Å². The molecule has 4 rings (SSSR count). The SMILES string of the molecule is CCCCCCCCS(=O)(=O)c1c(C(=O)Nc2ccc(F)cc2)ccc2c1C(=O)c1ccccc1C2=O. The summed E-state index contributed by atoms with van der Waals surface area (Å²) >= 11 is 0. The molecule has 1 aliphatic rings. The van der Waals surface area contributed by atoms with Crippen molar-refractivity contribution in [1.82, 2.24) is 0 Å². The zero-order valence-electron chi connectivity index (χ0n) is 20.6. The first-order chi connectivity index (χ1) is 17.7. The van der Waals surface area contributed by atoms with E-state index in [9.17, 15) is 27.2 Å². The lowest BCUT2D eigenvalue weighted by atomic mass is 9.83. The molecular formula is C29H28FNO5S. The molecule has 1 amide bonds. The van der Waals surface area contributed by atoms with Crippen LogP contribution in [0.4, 0.5) is 10.1 Å². The van der Waals surface area contributed by atoms with Gasteiger partial charge < -0.3 is 5.32 Å². The summed E-state index contributed by atoms with van der Waals surface area (Å²) in [6, 6.07) is 13.9.